The molecule has 1 heterocycles. The second-order valence-electron chi connectivity index (χ2n) is 6.98. The standard InChI is InChI=1S/C21H24ClN3O2/c1-15(2)21(27)25-12-10-24(11-13-25)19-8-6-18(7-9-19)23-20(26)16-4-3-5-17(22)14-16/h3-9,14-15H,10-13H2,1-2H3,(H,23,26). The van der Waals surface area contributed by atoms with Gasteiger partial charge in [0.25, 0.3) is 5.91 Å². The SMILES string of the molecule is CC(C)C(=O)N1CCN(c2ccc(NC(=O)c3cccc(Cl)c3)cc2)CC1. The molecule has 142 valence electrons. The van der Waals surface area contributed by atoms with E-state index in [0.717, 1.165) is 37.6 Å². The topological polar surface area (TPSA) is 52.7 Å². The maximum absolute atomic E-state index is 12.3. The van der Waals surface area contributed by atoms with E-state index < -0.39 is 0 Å². The molecule has 0 bridgehead atoms. The van der Waals surface area contributed by atoms with E-state index in [1.165, 1.54) is 0 Å². The molecule has 2 amide bonds. The van der Waals surface area contributed by atoms with Gasteiger partial charge in [-0.05, 0) is 42.5 Å². The fourth-order valence-electron chi connectivity index (χ4n) is 3.14. The highest BCUT2D eigenvalue weighted by Gasteiger charge is 2.22. The number of rotatable bonds is 4. The Bertz CT molecular complexity index is 812. The van der Waals surface area contributed by atoms with Gasteiger partial charge in [0.15, 0.2) is 0 Å². The van der Waals surface area contributed by atoms with Gasteiger partial charge in [0.2, 0.25) is 5.91 Å². The van der Waals surface area contributed by atoms with Gasteiger partial charge in [0.1, 0.15) is 0 Å². The van der Waals surface area contributed by atoms with E-state index in [2.05, 4.69) is 10.2 Å². The summed E-state index contributed by atoms with van der Waals surface area (Å²) in [7, 11) is 0. The molecule has 1 aliphatic heterocycles. The van der Waals surface area contributed by atoms with Crippen LogP contribution in [0, 0.1) is 5.92 Å². The number of hydrogen-bond donors (Lipinski definition) is 1. The average molecular weight is 386 g/mol. The number of nitrogens with one attached hydrogen (secondary N) is 1. The fourth-order valence-corrected chi connectivity index (χ4v) is 3.33. The minimum absolute atomic E-state index is 0.0407. The number of carbonyl (C=O) groups is 2. The summed E-state index contributed by atoms with van der Waals surface area (Å²) in [5.41, 5.74) is 2.35. The molecule has 0 saturated carbocycles. The van der Waals surface area contributed by atoms with Crippen LogP contribution >= 0.6 is 11.6 Å². The lowest BCUT2D eigenvalue weighted by Crippen LogP contribution is -2.49. The van der Waals surface area contributed by atoms with Gasteiger partial charge in [-0.25, -0.2) is 0 Å². The van der Waals surface area contributed by atoms with Crippen molar-refractivity contribution < 1.29 is 9.59 Å². The molecular weight excluding hydrogens is 362 g/mol. The maximum atomic E-state index is 12.3. The molecule has 0 aromatic heterocycles. The summed E-state index contributed by atoms with van der Waals surface area (Å²) in [6, 6.07) is 14.6. The lowest BCUT2D eigenvalue weighted by molar-refractivity contribution is -0.134. The van der Waals surface area contributed by atoms with E-state index in [-0.39, 0.29) is 17.7 Å². The van der Waals surface area contributed by atoms with Gasteiger partial charge < -0.3 is 15.1 Å². The van der Waals surface area contributed by atoms with Crippen LogP contribution in [0.3, 0.4) is 0 Å². The summed E-state index contributed by atoms with van der Waals surface area (Å²) in [6.45, 7) is 6.98. The molecule has 2 aromatic rings. The van der Waals surface area contributed by atoms with Crippen LogP contribution in [0.1, 0.15) is 24.2 Å². The summed E-state index contributed by atoms with van der Waals surface area (Å²) in [5.74, 6) is 0.0683. The second kappa shape index (κ2) is 8.44. The van der Waals surface area contributed by atoms with Crippen LogP contribution in [0.4, 0.5) is 11.4 Å². The fraction of sp³-hybridized carbons (Fsp3) is 0.333. The van der Waals surface area contributed by atoms with Crippen molar-refractivity contribution in [1.82, 2.24) is 4.90 Å². The van der Waals surface area contributed by atoms with Gasteiger partial charge >= 0.3 is 0 Å². The van der Waals surface area contributed by atoms with Crippen LogP contribution in [0.5, 0.6) is 0 Å². The first-order valence-corrected chi connectivity index (χ1v) is 9.52. The third-order valence-corrected chi connectivity index (χ3v) is 4.90. The Morgan fingerprint density at radius 1 is 1.00 bits per heavy atom. The summed E-state index contributed by atoms with van der Waals surface area (Å²) in [6.07, 6.45) is 0. The largest absolute Gasteiger partial charge is 0.368 e. The number of hydrogen-bond acceptors (Lipinski definition) is 3. The molecule has 1 aliphatic rings. The van der Waals surface area contributed by atoms with Gasteiger partial charge in [0.05, 0.1) is 0 Å². The molecular formula is C21H24ClN3O2. The molecule has 3 rings (SSSR count). The van der Waals surface area contributed by atoms with Crippen molar-refractivity contribution in [2.75, 3.05) is 36.4 Å². The predicted octanol–water partition coefficient (Wildman–Crippen LogP) is 3.90. The first-order valence-electron chi connectivity index (χ1n) is 9.15. The van der Waals surface area contributed by atoms with Crippen molar-refractivity contribution in [2.45, 2.75) is 13.8 Å². The number of carbonyl (C=O) groups excluding carboxylic acids is 2. The molecule has 0 radical (unpaired) electrons. The Kier molecular flexibility index (Phi) is 6.01. The minimum atomic E-state index is -0.189. The highest BCUT2D eigenvalue weighted by atomic mass is 35.5. The van der Waals surface area contributed by atoms with Crippen molar-refractivity contribution in [3.8, 4) is 0 Å². The van der Waals surface area contributed by atoms with Gasteiger partial charge in [-0.1, -0.05) is 31.5 Å². The first-order chi connectivity index (χ1) is 12.9. The Balaban J connectivity index is 1.58. The van der Waals surface area contributed by atoms with Gasteiger partial charge in [0, 0.05) is 54.1 Å². The third-order valence-electron chi connectivity index (χ3n) is 4.66. The molecule has 6 heteroatoms. The van der Waals surface area contributed by atoms with E-state index in [0.29, 0.717) is 10.6 Å². The van der Waals surface area contributed by atoms with Crippen LogP contribution in [0.2, 0.25) is 5.02 Å². The molecule has 0 atom stereocenters. The van der Waals surface area contributed by atoms with Crippen LogP contribution in [-0.4, -0.2) is 42.9 Å². The average Bonchev–Trinajstić information content (AvgIpc) is 2.68. The molecule has 27 heavy (non-hydrogen) atoms. The quantitative estimate of drug-likeness (QED) is 0.868. The van der Waals surface area contributed by atoms with Gasteiger partial charge in [-0.2, -0.15) is 0 Å². The maximum Gasteiger partial charge on any atom is 0.255 e. The van der Waals surface area contributed by atoms with E-state index in [1.807, 2.05) is 43.0 Å². The van der Waals surface area contributed by atoms with E-state index in [1.54, 1.807) is 24.3 Å². The number of nitrogens with zero attached hydrogens (tertiary/aromatic N) is 2. The zero-order chi connectivity index (χ0) is 19.4. The lowest BCUT2D eigenvalue weighted by atomic mass is 10.1. The van der Waals surface area contributed by atoms with Crippen molar-refractivity contribution in [3.05, 3.63) is 59.1 Å². The molecule has 0 spiro atoms. The zero-order valence-electron chi connectivity index (χ0n) is 15.6. The first kappa shape index (κ1) is 19.2. The van der Waals surface area contributed by atoms with Crippen molar-refractivity contribution in [2.24, 2.45) is 5.92 Å². The Morgan fingerprint density at radius 3 is 2.26 bits per heavy atom. The lowest BCUT2D eigenvalue weighted by Gasteiger charge is -2.37. The van der Waals surface area contributed by atoms with Crippen molar-refractivity contribution in [3.63, 3.8) is 0 Å². The summed E-state index contributed by atoms with van der Waals surface area (Å²) in [5, 5.41) is 3.42. The van der Waals surface area contributed by atoms with Crippen LogP contribution in [-0.2, 0) is 4.79 Å². The van der Waals surface area contributed by atoms with Crippen LogP contribution in [0.25, 0.3) is 0 Å². The van der Waals surface area contributed by atoms with Crippen LogP contribution in [0.15, 0.2) is 48.5 Å². The number of anilines is 2. The molecule has 1 fully saturated rings. The molecule has 1 saturated heterocycles. The molecule has 0 unspecified atom stereocenters. The predicted molar refractivity (Wildman–Crippen MR) is 109 cm³/mol. The normalized spacial score (nSPS) is 14.4. The summed E-state index contributed by atoms with van der Waals surface area (Å²) >= 11 is 5.94. The summed E-state index contributed by atoms with van der Waals surface area (Å²) < 4.78 is 0. The second-order valence-corrected chi connectivity index (χ2v) is 7.41. The Hall–Kier alpha value is -2.53. The highest BCUT2D eigenvalue weighted by Crippen LogP contribution is 2.21. The Labute approximate surface area is 164 Å². The van der Waals surface area contributed by atoms with E-state index in [4.69, 9.17) is 11.6 Å². The third kappa shape index (κ3) is 4.80. The van der Waals surface area contributed by atoms with Gasteiger partial charge in [-0.3, -0.25) is 9.59 Å². The number of halogens is 1. The number of piperazine rings is 1. The van der Waals surface area contributed by atoms with Crippen molar-refractivity contribution >= 4 is 34.8 Å². The number of benzene rings is 2. The molecule has 2 aromatic carbocycles. The zero-order valence-corrected chi connectivity index (χ0v) is 16.4. The summed E-state index contributed by atoms with van der Waals surface area (Å²) in [4.78, 5) is 28.6. The monoisotopic (exact) mass is 385 g/mol. The smallest absolute Gasteiger partial charge is 0.255 e. The van der Waals surface area contributed by atoms with E-state index in [9.17, 15) is 9.59 Å². The Morgan fingerprint density at radius 2 is 1.67 bits per heavy atom. The van der Waals surface area contributed by atoms with E-state index >= 15 is 0 Å². The van der Waals surface area contributed by atoms with Gasteiger partial charge in [-0.15, -0.1) is 0 Å². The molecule has 1 N–H and O–H groups in total. The highest BCUT2D eigenvalue weighted by molar-refractivity contribution is 6.31. The minimum Gasteiger partial charge on any atom is -0.368 e. The van der Waals surface area contributed by atoms with Crippen LogP contribution < -0.4 is 10.2 Å². The van der Waals surface area contributed by atoms with Crippen molar-refractivity contribution in [1.29, 1.82) is 0 Å². The molecule has 0 aliphatic carbocycles. The molecule has 5 nitrogen and oxygen atoms in total. The number of amides is 2.